The lowest BCUT2D eigenvalue weighted by atomic mass is 10.0. The van der Waals surface area contributed by atoms with Crippen molar-refractivity contribution in [1.82, 2.24) is 15.1 Å². The van der Waals surface area contributed by atoms with E-state index >= 15 is 0 Å². The predicted octanol–water partition coefficient (Wildman–Crippen LogP) is 2.77. The summed E-state index contributed by atoms with van der Waals surface area (Å²) in [7, 11) is 2.00. The highest BCUT2D eigenvalue weighted by molar-refractivity contribution is 5.31. The van der Waals surface area contributed by atoms with Crippen molar-refractivity contribution in [2.45, 2.75) is 33.4 Å². The number of nitrogens with zero attached hydrogens (tertiary/aromatic N) is 2. The summed E-state index contributed by atoms with van der Waals surface area (Å²) in [5.74, 6) is 0. The Hall–Kier alpha value is -1.61. The molecule has 2 aromatic rings. The third-order valence-electron chi connectivity index (χ3n) is 3.41. The third-order valence-corrected chi connectivity index (χ3v) is 3.41. The number of benzene rings is 1. The summed E-state index contributed by atoms with van der Waals surface area (Å²) in [5, 5.41) is 7.71. The second-order valence-electron chi connectivity index (χ2n) is 4.92. The quantitative estimate of drug-likeness (QED) is 0.895. The Bertz CT molecular complexity index is 528. The van der Waals surface area contributed by atoms with Gasteiger partial charge in [-0.2, -0.15) is 5.10 Å². The molecule has 0 radical (unpaired) electrons. The zero-order valence-corrected chi connectivity index (χ0v) is 11.6. The van der Waals surface area contributed by atoms with Gasteiger partial charge in [0.1, 0.15) is 0 Å². The summed E-state index contributed by atoms with van der Waals surface area (Å²) >= 11 is 0. The number of rotatable bonds is 4. The van der Waals surface area contributed by atoms with Crippen LogP contribution in [0.2, 0.25) is 0 Å². The summed E-state index contributed by atoms with van der Waals surface area (Å²) in [6, 6.07) is 6.93. The summed E-state index contributed by atoms with van der Waals surface area (Å²) < 4.78 is 1.99. The molecule has 0 saturated carbocycles. The smallest absolute Gasteiger partial charge is 0.0604 e. The molecule has 2 rings (SSSR count). The SMILES string of the molecule is CNC(Cn1cc(C)cn1)c1ccc(C)c(C)c1. The molecule has 0 aliphatic carbocycles. The molecule has 1 unspecified atom stereocenters. The van der Waals surface area contributed by atoms with Gasteiger partial charge >= 0.3 is 0 Å². The lowest BCUT2D eigenvalue weighted by Crippen LogP contribution is -2.22. The molecular weight excluding hydrogens is 222 g/mol. The summed E-state index contributed by atoms with van der Waals surface area (Å²) in [4.78, 5) is 0. The van der Waals surface area contributed by atoms with Gasteiger partial charge < -0.3 is 5.32 Å². The molecule has 0 saturated heterocycles. The minimum Gasteiger partial charge on any atom is -0.311 e. The van der Waals surface area contributed by atoms with Gasteiger partial charge in [0.05, 0.1) is 18.8 Å². The summed E-state index contributed by atoms with van der Waals surface area (Å²) in [5.41, 5.74) is 5.19. The van der Waals surface area contributed by atoms with E-state index in [9.17, 15) is 0 Å². The lowest BCUT2D eigenvalue weighted by molar-refractivity contribution is 0.468. The molecule has 0 fully saturated rings. The van der Waals surface area contributed by atoms with Gasteiger partial charge in [0.25, 0.3) is 0 Å². The maximum absolute atomic E-state index is 4.35. The van der Waals surface area contributed by atoms with Gasteiger partial charge in [-0.15, -0.1) is 0 Å². The van der Waals surface area contributed by atoms with Gasteiger partial charge in [-0.05, 0) is 50.1 Å². The van der Waals surface area contributed by atoms with E-state index in [0.717, 1.165) is 6.54 Å². The van der Waals surface area contributed by atoms with E-state index in [-0.39, 0.29) is 0 Å². The number of likely N-dealkylation sites (N-methyl/N-ethyl adjacent to an activating group) is 1. The van der Waals surface area contributed by atoms with Gasteiger partial charge in [-0.1, -0.05) is 18.2 Å². The van der Waals surface area contributed by atoms with Crippen LogP contribution in [0.4, 0.5) is 0 Å². The second kappa shape index (κ2) is 5.36. The van der Waals surface area contributed by atoms with E-state index < -0.39 is 0 Å². The fourth-order valence-corrected chi connectivity index (χ4v) is 2.10. The number of hydrogen-bond acceptors (Lipinski definition) is 2. The Morgan fingerprint density at radius 2 is 2.00 bits per heavy atom. The Balaban J connectivity index is 2.19. The van der Waals surface area contributed by atoms with Gasteiger partial charge in [-0.3, -0.25) is 4.68 Å². The predicted molar refractivity (Wildman–Crippen MR) is 74.7 cm³/mol. The molecule has 0 spiro atoms. The standard InChI is InChI=1S/C15H21N3/c1-11-8-17-18(9-11)10-15(16-4)14-6-5-12(2)13(3)7-14/h5-9,15-16H,10H2,1-4H3. The highest BCUT2D eigenvalue weighted by atomic mass is 15.3. The molecule has 0 bridgehead atoms. The van der Waals surface area contributed by atoms with E-state index in [1.54, 1.807) is 0 Å². The maximum Gasteiger partial charge on any atom is 0.0604 e. The molecule has 96 valence electrons. The van der Waals surface area contributed by atoms with Crippen LogP contribution in [0, 0.1) is 20.8 Å². The highest BCUT2D eigenvalue weighted by Gasteiger charge is 2.11. The second-order valence-corrected chi connectivity index (χ2v) is 4.92. The van der Waals surface area contributed by atoms with Crippen molar-refractivity contribution in [2.75, 3.05) is 7.05 Å². The lowest BCUT2D eigenvalue weighted by Gasteiger charge is -2.18. The average molecular weight is 243 g/mol. The fourth-order valence-electron chi connectivity index (χ4n) is 2.10. The number of nitrogens with one attached hydrogen (secondary N) is 1. The van der Waals surface area contributed by atoms with Crippen molar-refractivity contribution >= 4 is 0 Å². The molecule has 18 heavy (non-hydrogen) atoms. The van der Waals surface area contributed by atoms with Crippen molar-refractivity contribution in [2.24, 2.45) is 0 Å². The first-order valence-corrected chi connectivity index (χ1v) is 6.33. The van der Waals surface area contributed by atoms with Gasteiger partial charge in [-0.25, -0.2) is 0 Å². The van der Waals surface area contributed by atoms with Crippen LogP contribution in [0.5, 0.6) is 0 Å². The fraction of sp³-hybridized carbons (Fsp3) is 0.400. The topological polar surface area (TPSA) is 29.9 Å². The van der Waals surface area contributed by atoms with E-state index in [1.165, 1.54) is 22.3 Å². The highest BCUT2D eigenvalue weighted by Crippen LogP contribution is 2.18. The Labute approximate surface area is 109 Å². The molecule has 1 aromatic heterocycles. The zero-order valence-electron chi connectivity index (χ0n) is 11.6. The minimum atomic E-state index is 0.295. The molecule has 0 aliphatic heterocycles. The average Bonchev–Trinajstić information content (AvgIpc) is 2.75. The number of aryl methyl sites for hydroxylation is 3. The van der Waals surface area contributed by atoms with Gasteiger partial charge in [0.15, 0.2) is 0 Å². The first-order valence-electron chi connectivity index (χ1n) is 6.33. The van der Waals surface area contributed by atoms with E-state index in [1.807, 2.05) is 17.9 Å². The molecule has 0 amide bonds. The van der Waals surface area contributed by atoms with Crippen molar-refractivity contribution in [3.8, 4) is 0 Å². The number of hydrogen-bond donors (Lipinski definition) is 1. The van der Waals surface area contributed by atoms with Crippen molar-refractivity contribution in [3.05, 3.63) is 52.8 Å². The third kappa shape index (κ3) is 2.79. The zero-order chi connectivity index (χ0) is 13.1. The largest absolute Gasteiger partial charge is 0.311 e. The van der Waals surface area contributed by atoms with Crippen molar-refractivity contribution in [3.63, 3.8) is 0 Å². The molecule has 0 aliphatic rings. The molecule has 1 heterocycles. The monoisotopic (exact) mass is 243 g/mol. The van der Waals surface area contributed by atoms with Gasteiger partial charge in [0, 0.05) is 6.20 Å². The molecule has 3 nitrogen and oxygen atoms in total. The normalized spacial score (nSPS) is 12.7. The van der Waals surface area contributed by atoms with E-state index in [4.69, 9.17) is 0 Å². The van der Waals surface area contributed by atoms with Crippen LogP contribution in [-0.4, -0.2) is 16.8 Å². The van der Waals surface area contributed by atoms with Crippen molar-refractivity contribution < 1.29 is 0 Å². The van der Waals surface area contributed by atoms with E-state index in [0.29, 0.717) is 6.04 Å². The summed E-state index contributed by atoms with van der Waals surface area (Å²) in [6.45, 7) is 7.22. The minimum absolute atomic E-state index is 0.295. The van der Waals surface area contributed by atoms with Crippen LogP contribution in [0.1, 0.15) is 28.3 Å². The molecule has 1 aromatic carbocycles. The van der Waals surface area contributed by atoms with Crippen LogP contribution < -0.4 is 5.32 Å². The molecule has 1 N–H and O–H groups in total. The van der Waals surface area contributed by atoms with E-state index in [2.05, 4.69) is 55.6 Å². The Morgan fingerprint density at radius 3 is 2.56 bits per heavy atom. The first kappa shape index (κ1) is 12.8. The number of aromatic nitrogens is 2. The first-order chi connectivity index (χ1) is 8.60. The Morgan fingerprint density at radius 1 is 1.22 bits per heavy atom. The summed E-state index contributed by atoms with van der Waals surface area (Å²) in [6.07, 6.45) is 3.97. The van der Waals surface area contributed by atoms with Crippen molar-refractivity contribution in [1.29, 1.82) is 0 Å². The van der Waals surface area contributed by atoms with Crippen LogP contribution >= 0.6 is 0 Å². The van der Waals surface area contributed by atoms with Crippen LogP contribution in [0.3, 0.4) is 0 Å². The van der Waals surface area contributed by atoms with Crippen LogP contribution in [0.25, 0.3) is 0 Å². The van der Waals surface area contributed by atoms with Crippen LogP contribution in [0.15, 0.2) is 30.6 Å². The molecule has 1 atom stereocenters. The Kier molecular flexibility index (Phi) is 3.82. The molecular formula is C15H21N3. The molecule has 3 heteroatoms. The van der Waals surface area contributed by atoms with Crippen LogP contribution in [-0.2, 0) is 6.54 Å². The van der Waals surface area contributed by atoms with Gasteiger partial charge in [0.2, 0.25) is 0 Å². The maximum atomic E-state index is 4.35.